The van der Waals surface area contributed by atoms with Crippen molar-refractivity contribution in [2.45, 2.75) is 26.5 Å². The van der Waals surface area contributed by atoms with E-state index in [1.807, 2.05) is 30.3 Å². The van der Waals surface area contributed by atoms with Crippen molar-refractivity contribution >= 4 is 5.69 Å². The average Bonchev–Trinajstić information content (AvgIpc) is 2.49. The molecule has 0 spiro atoms. The minimum atomic E-state index is -2.84. The Morgan fingerprint density at radius 1 is 1.14 bits per heavy atom. The van der Waals surface area contributed by atoms with Crippen LogP contribution < -0.4 is 10.1 Å². The number of anilines is 1. The van der Waals surface area contributed by atoms with Gasteiger partial charge in [0, 0.05) is 24.4 Å². The van der Waals surface area contributed by atoms with Crippen LogP contribution in [-0.2, 0) is 13.0 Å². The first-order valence-electron chi connectivity index (χ1n) is 7.07. The summed E-state index contributed by atoms with van der Waals surface area (Å²) in [6, 6.07) is 13.0. The van der Waals surface area contributed by atoms with Crippen LogP contribution in [0.25, 0.3) is 0 Å². The van der Waals surface area contributed by atoms with Gasteiger partial charge in [-0.15, -0.1) is 0 Å². The van der Waals surface area contributed by atoms with E-state index < -0.39 is 6.61 Å². The van der Waals surface area contributed by atoms with E-state index in [1.165, 1.54) is 0 Å². The second kappa shape index (κ2) is 7.75. The summed E-state index contributed by atoms with van der Waals surface area (Å²) in [6.45, 7) is -0.587. The third-order valence-electron chi connectivity index (χ3n) is 3.34. The Hall–Kier alpha value is -2.14. The molecule has 0 unspecified atom stereocenters. The fourth-order valence-electron chi connectivity index (χ4n) is 2.23. The highest BCUT2D eigenvalue weighted by Crippen LogP contribution is 2.26. The quantitative estimate of drug-likeness (QED) is 0.818. The molecule has 0 radical (unpaired) electrons. The molecule has 5 heteroatoms. The number of benzene rings is 2. The number of aryl methyl sites for hydroxylation is 1. The van der Waals surface area contributed by atoms with E-state index in [0.717, 1.165) is 11.3 Å². The first-order valence-corrected chi connectivity index (χ1v) is 7.07. The van der Waals surface area contributed by atoms with Crippen LogP contribution in [0.15, 0.2) is 42.5 Å². The van der Waals surface area contributed by atoms with Crippen molar-refractivity contribution in [3.05, 3.63) is 59.2 Å². The second-order valence-corrected chi connectivity index (χ2v) is 4.97. The standard InChI is InChI=1S/C17H19F2NO2/c1-12-3-2-4-14(16(12)22-17(18)19)11-20-15-7-5-13(6-8-15)9-10-21/h2-8,17,20-21H,9-11H2,1H3. The van der Waals surface area contributed by atoms with E-state index in [4.69, 9.17) is 5.11 Å². The number of aliphatic hydroxyl groups is 1. The largest absolute Gasteiger partial charge is 0.434 e. The zero-order valence-electron chi connectivity index (χ0n) is 12.4. The molecule has 0 aliphatic rings. The third kappa shape index (κ3) is 4.43. The highest BCUT2D eigenvalue weighted by Gasteiger charge is 2.12. The number of hydrogen-bond acceptors (Lipinski definition) is 3. The maximum atomic E-state index is 12.5. The Morgan fingerprint density at radius 2 is 1.86 bits per heavy atom. The van der Waals surface area contributed by atoms with E-state index in [1.54, 1.807) is 19.1 Å². The van der Waals surface area contributed by atoms with E-state index >= 15 is 0 Å². The first-order chi connectivity index (χ1) is 10.6. The molecule has 0 saturated carbocycles. The number of alkyl halides is 2. The van der Waals surface area contributed by atoms with E-state index in [-0.39, 0.29) is 12.4 Å². The van der Waals surface area contributed by atoms with Crippen LogP contribution >= 0.6 is 0 Å². The van der Waals surface area contributed by atoms with Crippen molar-refractivity contribution in [2.24, 2.45) is 0 Å². The van der Waals surface area contributed by atoms with Gasteiger partial charge < -0.3 is 15.2 Å². The normalized spacial score (nSPS) is 10.8. The summed E-state index contributed by atoms with van der Waals surface area (Å²) in [7, 11) is 0. The Labute approximate surface area is 128 Å². The lowest BCUT2D eigenvalue weighted by atomic mass is 10.1. The number of rotatable bonds is 7. The number of hydrogen-bond donors (Lipinski definition) is 2. The number of aliphatic hydroxyl groups excluding tert-OH is 1. The Morgan fingerprint density at radius 3 is 2.50 bits per heavy atom. The van der Waals surface area contributed by atoms with Crippen molar-refractivity contribution in [3.8, 4) is 5.75 Å². The zero-order valence-corrected chi connectivity index (χ0v) is 12.4. The Balaban J connectivity index is 2.06. The minimum Gasteiger partial charge on any atom is -0.434 e. The van der Waals surface area contributed by atoms with Crippen LogP contribution in [0.5, 0.6) is 5.75 Å². The van der Waals surface area contributed by atoms with Crippen molar-refractivity contribution < 1.29 is 18.6 Å². The van der Waals surface area contributed by atoms with Crippen molar-refractivity contribution in [1.82, 2.24) is 0 Å². The van der Waals surface area contributed by atoms with Gasteiger partial charge in [-0.2, -0.15) is 8.78 Å². The molecule has 0 heterocycles. The molecule has 0 atom stereocenters. The van der Waals surface area contributed by atoms with Gasteiger partial charge in [-0.3, -0.25) is 0 Å². The summed E-state index contributed by atoms with van der Waals surface area (Å²) in [5.41, 5.74) is 3.29. The molecular weight excluding hydrogens is 288 g/mol. The van der Waals surface area contributed by atoms with Gasteiger partial charge >= 0.3 is 6.61 Å². The highest BCUT2D eigenvalue weighted by molar-refractivity contribution is 5.48. The molecule has 118 valence electrons. The molecular formula is C17H19F2NO2. The maximum Gasteiger partial charge on any atom is 0.387 e. The zero-order chi connectivity index (χ0) is 15.9. The molecule has 2 aromatic rings. The minimum absolute atomic E-state index is 0.115. The van der Waals surface area contributed by atoms with Gasteiger partial charge in [0.2, 0.25) is 0 Å². The molecule has 22 heavy (non-hydrogen) atoms. The number of ether oxygens (including phenoxy) is 1. The topological polar surface area (TPSA) is 41.5 Å². The van der Waals surface area contributed by atoms with Gasteiger partial charge in [-0.1, -0.05) is 30.3 Å². The first kappa shape index (κ1) is 16.2. The van der Waals surface area contributed by atoms with Crippen molar-refractivity contribution in [3.63, 3.8) is 0 Å². The highest BCUT2D eigenvalue weighted by atomic mass is 19.3. The summed E-state index contributed by atoms with van der Waals surface area (Å²) in [5, 5.41) is 12.1. The smallest absolute Gasteiger partial charge is 0.387 e. The number of nitrogens with one attached hydrogen (secondary N) is 1. The van der Waals surface area contributed by atoms with Crippen molar-refractivity contribution in [1.29, 1.82) is 0 Å². The fourth-order valence-corrected chi connectivity index (χ4v) is 2.23. The van der Waals surface area contributed by atoms with Crippen molar-refractivity contribution in [2.75, 3.05) is 11.9 Å². The lowest BCUT2D eigenvalue weighted by Crippen LogP contribution is -2.08. The van der Waals surface area contributed by atoms with E-state index in [0.29, 0.717) is 24.1 Å². The van der Waals surface area contributed by atoms with E-state index in [9.17, 15) is 8.78 Å². The van der Waals surface area contributed by atoms with Crippen LogP contribution in [0.3, 0.4) is 0 Å². The van der Waals surface area contributed by atoms with Gasteiger partial charge in [-0.05, 0) is 36.6 Å². The molecule has 0 fully saturated rings. The predicted molar refractivity (Wildman–Crippen MR) is 82.4 cm³/mol. The molecule has 2 aromatic carbocycles. The van der Waals surface area contributed by atoms with Crippen LogP contribution in [0.1, 0.15) is 16.7 Å². The van der Waals surface area contributed by atoms with Gasteiger partial charge in [0.25, 0.3) is 0 Å². The lowest BCUT2D eigenvalue weighted by Gasteiger charge is -2.14. The van der Waals surface area contributed by atoms with Crippen LogP contribution in [0.4, 0.5) is 14.5 Å². The Bertz CT molecular complexity index is 600. The summed E-state index contributed by atoms with van der Waals surface area (Å²) in [5.74, 6) is 0.224. The van der Waals surface area contributed by atoms with Crippen LogP contribution in [0, 0.1) is 6.92 Å². The molecule has 0 aromatic heterocycles. The summed E-state index contributed by atoms with van der Waals surface area (Å²) < 4.78 is 29.6. The second-order valence-electron chi connectivity index (χ2n) is 4.97. The maximum absolute atomic E-state index is 12.5. The summed E-state index contributed by atoms with van der Waals surface area (Å²) >= 11 is 0. The fraction of sp³-hybridized carbons (Fsp3) is 0.294. The SMILES string of the molecule is Cc1cccc(CNc2ccc(CCO)cc2)c1OC(F)F. The summed E-state index contributed by atoms with van der Waals surface area (Å²) in [4.78, 5) is 0. The molecule has 0 amide bonds. The number of halogens is 2. The third-order valence-corrected chi connectivity index (χ3v) is 3.34. The van der Waals surface area contributed by atoms with Gasteiger partial charge in [0.05, 0.1) is 0 Å². The average molecular weight is 307 g/mol. The lowest BCUT2D eigenvalue weighted by molar-refractivity contribution is -0.0508. The van der Waals surface area contributed by atoms with E-state index in [2.05, 4.69) is 10.1 Å². The molecule has 0 saturated heterocycles. The molecule has 2 N–H and O–H groups in total. The predicted octanol–water partition coefficient (Wildman–Crippen LogP) is 3.74. The molecule has 0 aliphatic carbocycles. The van der Waals surface area contributed by atoms with Gasteiger partial charge in [0.15, 0.2) is 0 Å². The molecule has 3 nitrogen and oxygen atoms in total. The number of para-hydroxylation sites is 1. The molecule has 2 rings (SSSR count). The van der Waals surface area contributed by atoms with Gasteiger partial charge in [0.1, 0.15) is 5.75 Å². The summed E-state index contributed by atoms with van der Waals surface area (Å²) in [6.07, 6.45) is 0.616. The molecule has 0 bridgehead atoms. The van der Waals surface area contributed by atoms with Crippen LogP contribution in [-0.4, -0.2) is 18.3 Å². The van der Waals surface area contributed by atoms with Crippen LogP contribution in [0.2, 0.25) is 0 Å². The van der Waals surface area contributed by atoms with Gasteiger partial charge in [-0.25, -0.2) is 0 Å². The Kier molecular flexibility index (Phi) is 5.72. The molecule has 0 aliphatic heterocycles. The monoisotopic (exact) mass is 307 g/mol.